The van der Waals surface area contributed by atoms with Crippen LogP contribution in [-0.2, 0) is 5.41 Å². The molecule has 2 aliphatic rings. The smallest absolute Gasteiger partial charge is 0.180 e. The number of nitrogens with zero attached hydrogens (tertiary/aromatic N) is 1. The van der Waals surface area contributed by atoms with Crippen molar-refractivity contribution in [3.63, 3.8) is 0 Å². The number of hydrogen-bond acceptors (Lipinski definition) is 2. The molecule has 11 aromatic rings. The molecule has 0 radical (unpaired) electrons. The third-order valence-corrected chi connectivity index (χ3v) is 19.3. The van der Waals surface area contributed by atoms with Crippen LogP contribution < -0.4 is 25.6 Å². The first-order valence-corrected chi connectivity index (χ1v) is 24.6. The van der Waals surface area contributed by atoms with Crippen molar-refractivity contribution < 1.29 is 4.42 Å². The topological polar surface area (TPSA) is 16.4 Å². The Hall–Kier alpha value is -7.98. The quantitative estimate of drug-likeness (QED) is 0.149. The first-order chi connectivity index (χ1) is 32.1. The lowest BCUT2D eigenvalue weighted by Gasteiger charge is -2.33. The van der Waals surface area contributed by atoms with Gasteiger partial charge in [-0.15, -0.1) is 0 Å². The highest BCUT2D eigenvalue weighted by Gasteiger charge is 2.48. The van der Waals surface area contributed by atoms with E-state index in [-0.39, 0.29) is 5.41 Å². The Bertz CT molecular complexity index is 3580. The first-order valence-electron chi connectivity index (χ1n) is 22.6. The van der Waals surface area contributed by atoms with Crippen LogP contribution in [0.25, 0.3) is 55.3 Å². The average molecular weight is 846 g/mol. The van der Waals surface area contributed by atoms with E-state index < -0.39 is 8.07 Å². The van der Waals surface area contributed by atoms with Crippen molar-refractivity contribution in [3.8, 4) is 33.4 Å². The summed E-state index contributed by atoms with van der Waals surface area (Å²) in [6.45, 7) is 2.39. The minimum Gasteiger partial charge on any atom is -0.456 e. The van der Waals surface area contributed by atoms with Gasteiger partial charge in [0.2, 0.25) is 0 Å². The molecule has 0 spiro atoms. The van der Waals surface area contributed by atoms with Crippen LogP contribution in [0.15, 0.2) is 247 Å². The van der Waals surface area contributed by atoms with Crippen LogP contribution in [0.1, 0.15) is 23.6 Å². The minimum absolute atomic E-state index is 0.262. The van der Waals surface area contributed by atoms with Crippen LogP contribution in [0.3, 0.4) is 0 Å². The van der Waals surface area contributed by atoms with Crippen molar-refractivity contribution in [3.05, 3.63) is 259 Å². The third-order valence-electron chi connectivity index (χ3n) is 14.4. The van der Waals surface area contributed by atoms with Gasteiger partial charge in [0.05, 0.1) is 0 Å². The molecule has 0 bridgehead atoms. The third kappa shape index (κ3) is 5.52. The fourth-order valence-corrected chi connectivity index (χ4v) is 16.7. The number of furan rings is 1. The Kier molecular flexibility index (Phi) is 8.40. The molecule has 1 aliphatic carbocycles. The second kappa shape index (κ2) is 14.5. The summed E-state index contributed by atoms with van der Waals surface area (Å²) in [7, 11) is -2.74. The van der Waals surface area contributed by atoms with Gasteiger partial charge in [-0.2, -0.15) is 0 Å². The fourth-order valence-electron chi connectivity index (χ4n) is 11.4. The second-order valence-electron chi connectivity index (χ2n) is 17.7. The molecular formula is C62H43NOSi. The zero-order valence-corrected chi connectivity index (χ0v) is 36.9. The number of para-hydroxylation sites is 1. The van der Waals surface area contributed by atoms with E-state index in [9.17, 15) is 0 Å². The van der Waals surface area contributed by atoms with Gasteiger partial charge in [0, 0.05) is 33.2 Å². The maximum Gasteiger partial charge on any atom is 0.180 e. The van der Waals surface area contributed by atoms with Crippen molar-refractivity contribution in [1.29, 1.82) is 0 Å². The first kappa shape index (κ1) is 37.6. The molecule has 1 atom stereocenters. The van der Waals surface area contributed by atoms with Gasteiger partial charge >= 0.3 is 0 Å². The lowest BCUT2D eigenvalue weighted by Crippen LogP contribution is -2.72. The van der Waals surface area contributed by atoms with E-state index in [0.29, 0.717) is 0 Å². The Morgan fingerprint density at radius 1 is 0.369 bits per heavy atom. The molecular weight excluding hydrogens is 803 g/mol. The van der Waals surface area contributed by atoms with E-state index in [0.717, 1.165) is 39.0 Å². The monoisotopic (exact) mass is 845 g/mol. The number of fused-ring (bicyclic) bond motifs is 9. The molecule has 10 aromatic carbocycles. The molecule has 2 nitrogen and oxygen atoms in total. The van der Waals surface area contributed by atoms with Crippen LogP contribution >= 0.6 is 0 Å². The molecule has 0 N–H and O–H groups in total. The Balaban J connectivity index is 0.980. The Morgan fingerprint density at radius 3 is 1.71 bits per heavy atom. The summed E-state index contributed by atoms with van der Waals surface area (Å²) in [5, 5.41) is 7.84. The summed E-state index contributed by atoms with van der Waals surface area (Å²) in [6.07, 6.45) is 0. The molecule has 3 heteroatoms. The fraction of sp³-hybridized carbons (Fsp3) is 0.0323. The van der Waals surface area contributed by atoms with E-state index >= 15 is 0 Å². The molecule has 1 aliphatic heterocycles. The number of rotatable bonds is 7. The average Bonchev–Trinajstić information content (AvgIpc) is 3.99. The van der Waals surface area contributed by atoms with E-state index in [2.05, 4.69) is 248 Å². The van der Waals surface area contributed by atoms with Gasteiger partial charge in [-0.1, -0.05) is 188 Å². The minimum atomic E-state index is -2.74. The van der Waals surface area contributed by atoms with E-state index in [4.69, 9.17) is 4.42 Å². The van der Waals surface area contributed by atoms with Crippen LogP contribution in [0.5, 0.6) is 0 Å². The summed E-state index contributed by atoms with van der Waals surface area (Å²) in [6, 6.07) is 90.0. The van der Waals surface area contributed by atoms with Crippen molar-refractivity contribution in [2.45, 2.75) is 12.3 Å². The van der Waals surface area contributed by atoms with E-state index in [1.807, 2.05) is 6.07 Å². The molecule has 2 heterocycles. The predicted molar refractivity (Wildman–Crippen MR) is 274 cm³/mol. The Morgan fingerprint density at radius 2 is 0.938 bits per heavy atom. The molecule has 1 unspecified atom stereocenters. The van der Waals surface area contributed by atoms with Crippen LogP contribution in [0, 0.1) is 0 Å². The van der Waals surface area contributed by atoms with Gasteiger partial charge in [-0.25, -0.2) is 0 Å². The highest BCUT2D eigenvalue weighted by atomic mass is 28.3. The molecule has 0 saturated carbocycles. The number of benzene rings is 10. The molecule has 1 aromatic heterocycles. The zero-order chi connectivity index (χ0) is 43.1. The number of hydrogen-bond donors (Lipinski definition) is 0. The predicted octanol–water partition coefficient (Wildman–Crippen LogP) is 13.4. The summed E-state index contributed by atoms with van der Waals surface area (Å²) >= 11 is 0. The van der Waals surface area contributed by atoms with Crippen molar-refractivity contribution in [1.82, 2.24) is 0 Å². The molecule has 0 amide bonds. The lowest BCUT2D eigenvalue weighted by atomic mass is 9.74. The highest BCUT2D eigenvalue weighted by molar-refractivity contribution is 7.22. The standard InChI is InChI=1S/C62H43NOSi/c1-62(44-17-4-2-5-18-44)56-27-12-8-23-50(56)51-37-33-43(39-57(51)62)42-31-34-45(35-32-42)63(47-36-38-59-55(41-47)52-24-9-13-28-58(52)64-59)46-19-16-22-49(40-46)65(48-20-6-3-7-21-48)60-29-14-10-25-53(60)54-26-11-15-30-61(54)65/h2-41H,1H3. The van der Waals surface area contributed by atoms with E-state index in [1.54, 1.807) is 0 Å². The zero-order valence-electron chi connectivity index (χ0n) is 35.9. The Labute approximate surface area is 380 Å². The molecule has 0 saturated heterocycles. The van der Waals surface area contributed by atoms with Gasteiger partial charge < -0.3 is 9.32 Å². The van der Waals surface area contributed by atoms with Crippen LogP contribution in [0.4, 0.5) is 17.1 Å². The second-order valence-corrected chi connectivity index (χ2v) is 21.4. The SMILES string of the molecule is CC1(c2ccccc2)c2ccccc2-c2ccc(-c3ccc(N(c4cccc([Si]5(c6ccccc6)c6ccccc6-c6ccccc65)c4)c4ccc5oc6ccccc6c5c4)cc3)cc21. The van der Waals surface area contributed by atoms with Gasteiger partial charge in [0.1, 0.15) is 11.2 Å². The van der Waals surface area contributed by atoms with E-state index in [1.165, 1.54) is 70.8 Å². The molecule has 306 valence electrons. The summed E-state index contributed by atoms with van der Waals surface area (Å²) in [5.41, 5.74) is 16.5. The normalized spacial score (nSPS) is 15.3. The summed E-state index contributed by atoms with van der Waals surface area (Å²) < 4.78 is 6.36. The van der Waals surface area contributed by atoms with Crippen LogP contribution in [-0.4, -0.2) is 8.07 Å². The van der Waals surface area contributed by atoms with Crippen molar-refractivity contribution in [2.24, 2.45) is 0 Å². The number of anilines is 3. The van der Waals surface area contributed by atoms with Gasteiger partial charge in [0.25, 0.3) is 0 Å². The maximum absolute atomic E-state index is 6.36. The molecule has 0 fully saturated rings. The molecule has 13 rings (SSSR count). The summed E-state index contributed by atoms with van der Waals surface area (Å²) in [5.74, 6) is 0. The molecule has 65 heavy (non-hydrogen) atoms. The maximum atomic E-state index is 6.36. The summed E-state index contributed by atoms with van der Waals surface area (Å²) in [4.78, 5) is 2.43. The van der Waals surface area contributed by atoms with Gasteiger partial charge in [-0.05, 0) is 132 Å². The van der Waals surface area contributed by atoms with Gasteiger partial charge in [-0.3, -0.25) is 0 Å². The van der Waals surface area contributed by atoms with Gasteiger partial charge in [0.15, 0.2) is 8.07 Å². The van der Waals surface area contributed by atoms with Crippen molar-refractivity contribution >= 4 is 67.8 Å². The van der Waals surface area contributed by atoms with Crippen molar-refractivity contribution in [2.75, 3.05) is 4.90 Å². The highest BCUT2D eigenvalue weighted by Crippen LogP contribution is 2.53. The largest absolute Gasteiger partial charge is 0.456 e. The lowest BCUT2D eigenvalue weighted by molar-refractivity contribution is 0.669. The van der Waals surface area contributed by atoms with Crippen LogP contribution in [0.2, 0.25) is 0 Å².